The summed E-state index contributed by atoms with van der Waals surface area (Å²) in [6, 6.07) is 0. The number of hydrogen-bond donors (Lipinski definition) is 2. The van der Waals surface area contributed by atoms with Gasteiger partial charge < -0.3 is 5.11 Å². The Labute approximate surface area is 147 Å². The van der Waals surface area contributed by atoms with Crippen LogP contribution in [0.3, 0.4) is 0 Å². The highest BCUT2D eigenvalue weighted by molar-refractivity contribution is 5.83. The largest absolute Gasteiger partial charge is 0.475 e. The third-order valence-corrected chi connectivity index (χ3v) is 4.88. The summed E-state index contributed by atoms with van der Waals surface area (Å²) >= 11 is 0. The standard InChI is InChI=1S/C20H36N2O2/c1-3-4-5-6-7-8-9-10-11-12-13-14-15-16-19-21-17-18(20(23)24)22(19)2/h17H,3-16H2,1-2H3,(H,23,24)/p+1. The molecule has 1 aromatic heterocycles. The molecule has 2 N–H and O–H groups in total. The first-order valence-electron chi connectivity index (χ1n) is 9.96. The number of aromatic amines is 1. The van der Waals surface area contributed by atoms with Crippen molar-refractivity contribution in [2.45, 2.75) is 96.8 Å². The zero-order valence-electron chi connectivity index (χ0n) is 15.8. The van der Waals surface area contributed by atoms with Crippen molar-refractivity contribution >= 4 is 5.97 Å². The lowest BCUT2D eigenvalue weighted by atomic mass is 10.0. The highest BCUT2D eigenvalue weighted by Crippen LogP contribution is 2.13. The molecule has 0 amide bonds. The van der Waals surface area contributed by atoms with Crippen LogP contribution >= 0.6 is 0 Å². The van der Waals surface area contributed by atoms with Gasteiger partial charge in [-0.05, 0) is 6.42 Å². The predicted molar refractivity (Wildman–Crippen MR) is 98.3 cm³/mol. The Bertz CT molecular complexity index is 454. The van der Waals surface area contributed by atoms with Crippen LogP contribution in [0.5, 0.6) is 0 Å². The molecule has 0 spiro atoms. The average Bonchev–Trinajstić information content (AvgIpc) is 2.93. The highest BCUT2D eigenvalue weighted by atomic mass is 16.4. The predicted octanol–water partition coefficient (Wildman–Crippen LogP) is 5.17. The van der Waals surface area contributed by atoms with Crippen LogP contribution in [-0.4, -0.2) is 16.1 Å². The number of nitrogens with zero attached hydrogens (tertiary/aromatic N) is 1. The molecule has 1 aromatic rings. The fraction of sp³-hybridized carbons (Fsp3) is 0.800. The van der Waals surface area contributed by atoms with E-state index in [1.54, 1.807) is 10.8 Å². The minimum absolute atomic E-state index is 0.333. The smallest absolute Gasteiger partial charge is 0.379 e. The maximum atomic E-state index is 11.0. The van der Waals surface area contributed by atoms with Crippen molar-refractivity contribution in [2.75, 3.05) is 0 Å². The van der Waals surface area contributed by atoms with E-state index in [0.717, 1.165) is 18.7 Å². The van der Waals surface area contributed by atoms with Crippen molar-refractivity contribution in [1.82, 2.24) is 4.98 Å². The van der Waals surface area contributed by atoms with Gasteiger partial charge in [-0.15, -0.1) is 0 Å². The summed E-state index contributed by atoms with van der Waals surface area (Å²) in [6.07, 6.45) is 20.1. The second-order valence-electron chi connectivity index (χ2n) is 6.98. The van der Waals surface area contributed by atoms with Gasteiger partial charge in [0.2, 0.25) is 0 Å². The lowest BCUT2D eigenvalue weighted by Gasteiger charge is -2.02. The van der Waals surface area contributed by atoms with Crippen molar-refractivity contribution in [2.24, 2.45) is 7.05 Å². The van der Waals surface area contributed by atoms with Gasteiger partial charge in [-0.3, -0.25) is 0 Å². The number of nitrogens with one attached hydrogen (secondary N) is 1. The first-order valence-corrected chi connectivity index (χ1v) is 9.96. The Balaban J connectivity index is 1.91. The number of carbonyl (C=O) groups is 1. The Kier molecular flexibility index (Phi) is 11.2. The Morgan fingerprint density at radius 1 is 0.917 bits per heavy atom. The number of aromatic carboxylic acids is 1. The van der Waals surface area contributed by atoms with E-state index in [1.807, 2.05) is 7.05 Å². The molecule has 0 fully saturated rings. The molecular weight excluding hydrogens is 300 g/mol. The van der Waals surface area contributed by atoms with Crippen LogP contribution < -0.4 is 4.57 Å². The molecule has 0 atom stereocenters. The maximum Gasteiger partial charge on any atom is 0.379 e. The first kappa shape index (κ1) is 20.7. The van der Waals surface area contributed by atoms with Crippen LogP contribution in [0.1, 0.15) is 107 Å². The second kappa shape index (κ2) is 13.0. The molecule has 0 radical (unpaired) electrons. The Morgan fingerprint density at radius 3 is 1.79 bits per heavy atom. The first-order chi connectivity index (χ1) is 11.7. The second-order valence-corrected chi connectivity index (χ2v) is 6.98. The van der Waals surface area contributed by atoms with Crippen LogP contribution in [0.15, 0.2) is 6.20 Å². The number of aryl methyl sites for hydroxylation is 1. The summed E-state index contributed by atoms with van der Waals surface area (Å²) in [5, 5.41) is 9.02. The summed E-state index contributed by atoms with van der Waals surface area (Å²) in [7, 11) is 1.82. The van der Waals surface area contributed by atoms with Crippen molar-refractivity contribution < 1.29 is 14.5 Å². The molecule has 0 unspecified atom stereocenters. The molecule has 0 saturated heterocycles. The molecular formula is C20H37N2O2+. The van der Waals surface area contributed by atoms with Crippen molar-refractivity contribution in [3.63, 3.8) is 0 Å². The van der Waals surface area contributed by atoms with Gasteiger partial charge in [-0.25, -0.2) is 14.3 Å². The number of H-pyrrole nitrogens is 1. The SMILES string of the molecule is CCCCCCCCCCCCCCCc1[nH]cc(C(=O)O)[n+]1C. The summed E-state index contributed by atoms with van der Waals surface area (Å²) < 4.78 is 1.75. The third-order valence-electron chi connectivity index (χ3n) is 4.88. The van der Waals surface area contributed by atoms with Gasteiger partial charge >= 0.3 is 5.97 Å². The van der Waals surface area contributed by atoms with Gasteiger partial charge in [0.1, 0.15) is 6.20 Å². The summed E-state index contributed by atoms with van der Waals surface area (Å²) in [5.41, 5.74) is 0.333. The normalized spacial score (nSPS) is 11.1. The van der Waals surface area contributed by atoms with E-state index in [0.29, 0.717) is 5.69 Å². The molecule has 4 heteroatoms. The van der Waals surface area contributed by atoms with Gasteiger partial charge in [-0.1, -0.05) is 84.0 Å². The highest BCUT2D eigenvalue weighted by Gasteiger charge is 2.19. The van der Waals surface area contributed by atoms with Gasteiger partial charge in [0.25, 0.3) is 11.5 Å². The molecule has 138 valence electrons. The zero-order chi connectivity index (χ0) is 17.6. The molecule has 1 rings (SSSR count). The number of carboxylic acids is 1. The quantitative estimate of drug-likeness (QED) is 0.342. The van der Waals surface area contributed by atoms with Crippen LogP contribution in [0.25, 0.3) is 0 Å². The average molecular weight is 338 g/mol. The number of aromatic nitrogens is 2. The minimum atomic E-state index is -0.870. The molecule has 24 heavy (non-hydrogen) atoms. The number of hydrogen-bond acceptors (Lipinski definition) is 1. The number of carboxylic acid groups (broad SMARTS) is 1. The lowest BCUT2D eigenvalue weighted by molar-refractivity contribution is -0.680. The van der Waals surface area contributed by atoms with E-state index < -0.39 is 5.97 Å². The van der Waals surface area contributed by atoms with E-state index in [-0.39, 0.29) is 0 Å². The molecule has 0 saturated carbocycles. The summed E-state index contributed by atoms with van der Waals surface area (Å²) in [6.45, 7) is 2.27. The van der Waals surface area contributed by atoms with Crippen molar-refractivity contribution in [3.05, 3.63) is 17.7 Å². The molecule has 4 nitrogen and oxygen atoms in total. The van der Waals surface area contributed by atoms with E-state index >= 15 is 0 Å². The molecule has 0 aromatic carbocycles. The van der Waals surface area contributed by atoms with Gasteiger partial charge in [0.15, 0.2) is 0 Å². The molecule has 0 bridgehead atoms. The van der Waals surface area contributed by atoms with Crippen molar-refractivity contribution in [3.8, 4) is 0 Å². The van der Waals surface area contributed by atoms with Gasteiger partial charge in [0, 0.05) is 6.42 Å². The molecule has 0 aliphatic rings. The zero-order valence-corrected chi connectivity index (χ0v) is 15.8. The van der Waals surface area contributed by atoms with Crippen LogP contribution in [0.4, 0.5) is 0 Å². The monoisotopic (exact) mass is 337 g/mol. The number of unbranched alkanes of at least 4 members (excludes halogenated alkanes) is 12. The number of rotatable bonds is 15. The lowest BCUT2D eigenvalue weighted by Crippen LogP contribution is -2.37. The van der Waals surface area contributed by atoms with Crippen LogP contribution in [0, 0.1) is 0 Å². The van der Waals surface area contributed by atoms with Gasteiger partial charge in [-0.2, -0.15) is 0 Å². The van der Waals surface area contributed by atoms with E-state index in [9.17, 15) is 4.79 Å². The maximum absolute atomic E-state index is 11.0. The third kappa shape index (κ3) is 8.51. The fourth-order valence-electron chi connectivity index (χ4n) is 3.25. The van der Waals surface area contributed by atoms with Crippen molar-refractivity contribution in [1.29, 1.82) is 0 Å². The van der Waals surface area contributed by atoms with E-state index in [4.69, 9.17) is 5.11 Å². The molecule has 1 heterocycles. The topological polar surface area (TPSA) is 57.0 Å². The summed E-state index contributed by atoms with van der Waals surface area (Å²) in [4.78, 5) is 14.1. The molecule has 0 aliphatic heterocycles. The Hall–Kier alpha value is -1.32. The van der Waals surface area contributed by atoms with E-state index in [2.05, 4.69) is 11.9 Å². The summed E-state index contributed by atoms with van der Waals surface area (Å²) in [5.74, 6) is 0.140. The van der Waals surface area contributed by atoms with Crippen LogP contribution in [0.2, 0.25) is 0 Å². The molecule has 0 aliphatic carbocycles. The van der Waals surface area contributed by atoms with E-state index in [1.165, 1.54) is 77.0 Å². The fourth-order valence-corrected chi connectivity index (χ4v) is 3.25. The Morgan fingerprint density at radius 2 is 1.38 bits per heavy atom. The van der Waals surface area contributed by atoms with Crippen LogP contribution in [-0.2, 0) is 13.5 Å². The minimum Gasteiger partial charge on any atom is -0.475 e. The van der Waals surface area contributed by atoms with Gasteiger partial charge in [0.05, 0.1) is 7.05 Å². The number of imidazole rings is 1.